The number of aryl methyl sites for hydroxylation is 1. The molecule has 6 heteroatoms. The van der Waals surface area contributed by atoms with Crippen LogP contribution in [0.5, 0.6) is 0 Å². The monoisotopic (exact) mass is 415 g/mol. The van der Waals surface area contributed by atoms with Gasteiger partial charge in [-0.25, -0.2) is 9.97 Å². The molecule has 0 atom stereocenters. The summed E-state index contributed by atoms with van der Waals surface area (Å²) < 4.78 is 7.16. The molecule has 0 saturated carbocycles. The van der Waals surface area contributed by atoms with Crippen LogP contribution in [0.1, 0.15) is 43.9 Å². The third-order valence-corrected chi connectivity index (χ3v) is 6.46. The Balaban J connectivity index is 1.80. The molecule has 0 bridgehead atoms. The summed E-state index contributed by atoms with van der Waals surface area (Å²) in [6, 6.07) is 8.67. The summed E-state index contributed by atoms with van der Waals surface area (Å²) in [4.78, 5) is 12.7. The molecule has 0 amide bonds. The van der Waals surface area contributed by atoms with Gasteiger partial charge in [0.2, 0.25) is 5.95 Å². The second-order valence-electron chi connectivity index (χ2n) is 8.55. The van der Waals surface area contributed by atoms with Crippen LogP contribution in [0.3, 0.4) is 0 Å². The van der Waals surface area contributed by atoms with Gasteiger partial charge in [-0.15, -0.1) is 11.8 Å². The van der Waals surface area contributed by atoms with Gasteiger partial charge in [-0.05, 0) is 42.9 Å². The Morgan fingerprint density at radius 2 is 1.97 bits per heavy atom. The van der Waals surface area contributed by atoms with Crippen molar-refractivity contribution in [2.75, 3.05) is 51.2 Å². The molecule has 1 aromatic carbocycles. The van der Waals surface area contributed by atoms with Gasteiger partial charge in [0.05, 0.1) is 32.4 Å². The minimum Gasteiger partial charge on any atom is -0.330 e. The third kappa shape index (κ3) is 5.71. The van der Waals surface area contributed by atoms with Crippen molar-refractivity contribution in [3.63, 3.8) is 0 Å². The van der Waals surface area contributed by atoms with E-state index in [2.05, 4.69) is 55.2 Å². The normalized spacial score (nSPS) is 15.8. The summed E-state index contributed by atoms with van der Waals surface area (Å²) >= 11 is 1.77. The number of quaternary nitrogens is 1. The highest BCUT2D eigenvalue weighted by molar-refractivity contribution is 7.98. The van der Waals surface area contributed by atoms with Gasteiger partial charge in [0.25, 0.3) is 0 Å². The molecular formula is C23H35N4OS+. The smallest absolute Gasteiger partial charge is 0.230 e. The molecule has 0 N–H and O–H groups in total. The summed E-state index contributed by atoms with van der Waals surface area (Å²) in [6.45, 7) is 11.1. The van der Waals surface area contributed by atoms with Crippen LogP contribution in [0, 0.1) is 6.92 Å². The van der Waals surface area contributed by atoms with Crippen LogP contribution in [-0.2, 0) is 4.74 Å². The molecule has 0 aliphatic carbocycles. The largest absolute Gasteiger partial charge is 0.330 e. The molecule has 158 valence electrons. The summed E-state index contributed by atoms with van der Waals surface area (Å²) in [5, 5.41) is 0. The first kappa shape index (κ1) is 22.1. The van der Waals surface area contributed by atoms with E-state index in [0.29, 0.717) is 12.5 Å². The molecule has 0 unspecified atom stereocenters. The number of ether oxygens (including phenoxy) is 1. The number of thioether (sulfide) groups is 1. The lowest BCUT2D eigenvalue weighted by Gasteiger charge is -2.30. The second-order valence-corrected chi connectivity index (χ2v) is 9.39. The van der Waals surface area contributed by atoms with Crippen molar-refractivity contribution in [2.45, 2.75) is 44.4 Å². The summed E-state index contributed by atoms with van der Waals surface area (Å²) in [7, 11) is 2.30. The zero-order chi connectivity index (χ0) is 20.9. The third-order valence-electron chi connectivity index (χ3n) is 5.69. The van der Waals surface area contributed by atoms with E-state index in [4.69, 9.17) is 9.72 Å². The van der Waals surface area contributed by atoms with Gasteiger partial charge < -0.3 is 14.1 Å². The summed E-state index contributed by atoms with van der Waals surface area (Å²) in [6.07, 6.45) is 6.58. The number of rotatable bonds is 9. The van der Waals surface area contributed by atoms with E-state index in [1.54, 1.807) is 11.8 Å². The van der Waals surface area contributed by atoms with E-state index in [0.717, 1.165) is 35.1 Å². The highest BCUT2D eigenvalue weighted by Gasteiger charge is 2.27. The van der Waals surface area contributed by atoms with Crippen LogP contribution in [-0.4, -0.2) is 60.7 Å². The van der Waals surface area contributed by atoms with Crippen molar-refractivity contribution in [1.29, 1.82) is 0 Å². The maximum absolute atomic E-state index is 6.13. The van der Waals surface area contributed by atoms with Gasteiger partial charge in [-0.3, -0.25) is 0 Å². The Labute approximate surface area is 180 Å². The first-order chi connectivity index (χ1) is 13.9. The van der Waals surface area contributed by atoms with Crippen molar-refractivity contribution >= 4 is 23.4 Å². The first-order valence-corrected chi connectivity index (χ1v) is 11.8. The topological polar surface area (TPSA) is 38.2 Å². The number of hydrogen-bond donors (Lipinski definition) is 0. The van der Waals surface area contributed by atoms with E-state index in [1.807, 2.05) is 19.2 Å². The van der Waals surface area contributed by atoms with Crippen LogP contribution < -0.4 is 4.90 Å². The van der Waals surface area contributed by atoms with Gasteiger partial charge in [0, 0.05) is 36.2 Å². The average molecular weight is 416 g/mol. The Hall–Kier alpha value is -1.63. The van der Waals surface area contributed by atoms with Gasteiger partial charge in [-0.2, -0.15) is 0 Å². The minimum absolute atomic E-state index is 0.506. The van der Waals surface area contributed by atoms with Gasteiger partial charge in [0.15, 0.2) is 6.73 Å². The predicted molar refractivity (Wildman–Crippen MR) is 122 cm³/mol. The molecule has 2 aromatic rings. The Morgan fingerprint density at radius 3 is 2.62 bits per heavy atom. The zero-order valence-corrected chi connectivity index (χ0v) is 19.3. The van der Waals surface area contributed by atoms with E-state index >= 15 is 0 Å². The second kappa shape index (κ2) is 9.92. The van der Waals surface area contributed by atoms with Crippen molar-refractivity contribution < 1.29 is 9.22 Å². The van der Waals surface area contributed by atoms with E-state index in [-0.39, 0.29) is 0 Å². The fourth-order valence-corrected chi connectivity index (χ4v) is 4.48. The SMILES string of the molecule is CSc1cc(C(C)C)ccc1N(CCOC[N+]1(C)CCCC1)c1nccc(C)n1. The molecule has 2 heterocycles. The number of nitrogens with zero attached hydrogens (tertiary/aromatic N) is 4. The van der Waals surface area contributed by atoms with Gasteiger partial charge in [-0.1, -0.05) is 19.9 Å². The quantitative estimate of drug-likeness (QED) is 0.328. The van der Waals surface area contributed by atoms with Crippen LogP contribution in [0.15, 0.2) is 35.4 Å². The maximum Gasteiger partial charge on any atom is 0.230 e. The molecule has 1 aromatic heterocycles. The molecule has 1 aliphatic heterocycles. The number of aromatic nitrogens is 2. The lowest BCUT2D eigenvalue weighted by atomic mass is 10.0. The van der Waals surface area contributed by atoms with Crippen LogP contribution in [0.25, 0.3) is 0 Å². The van der Waals surface area contributed by atoms with Crippen molar-refractivity contribution in [3.8, 4) is 0 Å². The fraction of sp³-hybridized carbons (Fsp3) is 0.565. The fourth-order valence-electron chi connectivity index (χ4n) is 3.84. The number of benzene rings is 1. The van der Waals surface area contributed by atoms with E-state index in [1.165, 1.54) is 36.4 Å². The molecule has 1 fully saturated rings. The van der Waals surface area contributed by atoms with E-state index in [9.17, 15) is 0 Å². The van der Waals surface area contributed by atoms with Gasteiger partial charge in [0.1, 0.15) is 0 Å². The molecule has 5 nitrogen and oxygen atoms in total. The van der Waals surface area contributed by atoms with Crippen LogP contribution in [0.4, 0.5) is 11.6 Å². The molecule has 29 heavy (non-hydrogen) atoms. The molecule has 3 rings (SSSR count). The highest BCUT2D eigenvalue weighted by atomic mass is 32.2. The lowest BCUT2D eigenvalue weighted by molar-refractivity contribution is -0.916. The first-order valence-electron chi connectivity index (χ1n) is 10.6. The average Bonchev–Trinajstić information content (AvgIpc) is 3.14. The molecule has 1 aliphatic rings. The predicted octanol–water partition coefficient (Wildman–Crippen LogP) is 4.98. The van der Waals surface area contributed by atoms with Gasteiger partial charge >= 0.3 is 0 Å². The standard InChI is InChI=1S/C23H35N4OS/c1-18(2)20-8-9-21(22(16-20)29-5)26(23-24-11-10-19(3)25-23)12-15-28-17-27(4)13-6-7-14-27/h8-11,16,18H,6-7,12-15,17H2,1-5H3/q+1. The van der Waals surface area contributed by atoms with Crippen LogP contribution in [0.2, 0.25) is 0 Å². The molecule has 1 saturated heterocycles. The number of likely N-dealkylation sites (tertiary alicyclic amines) is 1. The lowest BCUT2D eigenvalue weighted by Crippen LogP contribution is -2.43. The zero-order valence-electron chi connectivity index (χ0n) is 18.5. The maximum atomic E-state index is 6.13. The molecular weight excluding hydrogens is 380 g/mol. The Bertz CT molecular complexity index is 805. The van der Waals surface area contributed by atoms with Crippen molar-refractivity contribution in [3.05, 3.63) is 41.7 Å². The highest BCUT2D eigenvalue weighted by Crippen LogP contribution is 2.34. The Kier molecular flexibility index (Phi) is 7.55. The summed E-state index contributed by atoms with van der Waals surface area (Å²) in [5.74, 6) is 1.25. The van der Waals surface area contributed by atoms with Crippen molar-refractivity contribution in [2.24, 2.45) is 0 Å². The molecule has 0 spiro atoms. The minimum atomic E-state index is 0.506. The number of hydrogen-bond acceptors (Lipinski definition) is 5. The summed E-state index contributed by atoms with van der Waals surface area (Å²) in [5.41, 5.74) is 3.48. The van der Waals surface area contributed by atoms with Crippen molar-refractivity contribution in [1.82, 2.24) is 9.97 Å². The number of anilines is 2. The molecule has 0 radical (unpaired) electrons. The van der Waals surface area contributed by atoms with Crippen LogP contribution >= 0.6 is 11.8 Å². The Morgan fingerprint density at radius 1 is 1.21 bits per heavy atom. The van der Waals surface area contributed by atoms with E-state index < -0.39 is 0 Å².